The third-order valence-electron chi connectivity index (χ3n) is 3.55. The van der Waals surface area contributed by atoms with Crippen molar-refractivity contribution < 1.29 is 4.39 Å². The second kappa shape index (κ2) is 6.19. The van der Waals surface area contributed by atoms with Gasteiger partial charge in [0.15, 0.2) is 5.82 Å². The van der Waals surface area contributed by atoms with Gasteiger partial charge in [0.25, 0.3) is 0 Å². The number of benzene rings is 1. The van der Waals surface area contributed by atoms with Crippen molar-refractivity contribution in [3.05, 3.63) is 28.0 Å². The lowest BCUT2D eigenvalue weighted by molar-refractivity contribution is 0.517. The number of rotatable bonds is 4. The topological polar surface area (TPSA) is 35.8 Å². The maximum atomic E-state index is 13.9. The molecule has 1 aliphatic rings. The van der Waals surface area contributed by atoms with Crippen molar-refractivity contribution in [2.45, 2.75) is 32.1 Å². The van der Waals surface area contributed by atoms with Crippen LogP contribution in [0.3, 0.4) is 0 Å². The monoisotopic (exact) mass is 310 g/mol. The molecular formula is C14H16BrFN2. The molecule has 0 saturated heterocycles. The lowest BCUT2D eigenvalue weighted by Crippen LogP contribution is -2.08. The van der Waals surface area contributed by atoms with Crippen LogP contribution in [0.4, 0.5) is 10.1 Å². The van der Waals surface area contributed by atoms with Crippen LogP contribution in [0.5, 0.6) is 0 Å². The lowest BCUT2D eigenvalue weighted by Gasteiger charge is -2.12. The van der Waals surface area contributed by atoms with Crippen molar-refractivity contribution in [2.24, 2.45) is 5.92 Å². The molecule has 1 aliphatic carbocycles. The highest BCUT2D eigenvalue weighted by molar-refractivity contribution is 9.10. The van der Waals surface area contributed by atoms with E-state index in [1.165, 1.54) is 25.7 Å². The van der Waals surface area contributed by atoms with E-state index in [2.05, 4.69) is 21.2 Å². The Morgan fingerprint density at radius 1 is 1.39 bits per heavy atom. The Balaban J connectivity index is 1.93. The zero-order valence-corrected chi connectivity index (χ0v) is 11.8. The van der Waals surface area contributed by atoms with Gasteiger partial charge in [0.2, 0.25) is 0 Å². The van der Waals surface area contributed by atoms with Crippen molar-refractivity contribution in [2.75, 3.05) is 11.9 Å². The third kappa shape index (κ3) is 3.02. The second-order valence-corrected chi connectivity index (χ2v) is 5.56. The number of anilines is 1. The molecule has 1 fully saturated rings. The molecule has 0 bridgehead atoms. The zero-order valence-electron chi connectivity index (χ0n) is 10.2. The first kappa shape index (κ1) is 13.4. The van der Waals surface area contributed by atoms with E-state index < -0.39 is 0 Å². The standard InChI is InChI=1S/C14H16BrFN2/c15-13-11(9-17)5-6-12(14(13)16)18-8-7-10-3-1-2-4-10/h5-6,10,18H,1-4,7-8H2. The molecule has 1 aromatic carbocycles. The van der Waals surface area contributed by atoms with Crippen LogP contribution in [0, 0.1) is 23.1 Å². The van der Waals surface area contributed by atoms with Crippen LogP contribution >= 0.6 is 15.9 Å². The Bertz CT molecular complexity index is 462. The molecule has 0 amide bonds. The molecule has 0 aromatic heterocycles. The van der Waals surface area contributed by atoms with Gasteiger partial charge in [-0.2, -0.15) is 5.26 Å². The number of hydrogen-bond donors (Lipinski definition) is 1. The van der Waals surface area contributed by atoms with Crippen LogP contribution in [0.15, 0.2) is 16.6 Å². The average molecular weight is 311 g/mol. The van der Waals surface area contributed by atoms with Crippen LogP contribution in [-0.4, -0.2) is 6.54 Å². The van der Waals surface area contributed by atoms with Crippen LogP contribution in [0.25, 0.3) is 0 Å². The predicted molar refractivity (Wildman–Crippen MR) is 73.9 cm³/mol. The Morgan fingerprint density at radius 2 is 2.11 bits per heavy atom. The summed E-state index contributed by atoms with van der Waals surface area (Å²) in [5.41, 5.74) is 0.799. The zero-order chi connectivity index (χ0) is 13.0. The van der Waals surface area contributed by atoms with E-state index in [1.807, 2.05) is 6.07 Å². The molecule has 2 rings (SSSR count). The molecule has 18 heavy (non-hydrogen) atoms. The van der Waals surface area contributed by atoms with E-state index in [9.17, 15) is 4.39 Å². The minimum Gasteiger partial charge on any atom is -0.383 e. The van der Waals surface area contributed by atoms with Crippen LogP contribution < -0.4 is 5.32 Å². The Kier molecular flexibility index (Phi) is 4.60. The molecule has 0 unspecified atom stereocenters. The predicted octanol–water partition coefficient (Wildman–Crippen LogP) is 4.45. The highest BCUT2D eigenvalue weighted by Gasteiger charge is 2.15. The fraction of sp³-hybridized carbons (Fsp3) is 0.500. The molecular weight excluding hydrogens is 295 g/mol. The van der Waals surface area contributed by atoms with Crippen molar-refractivity contribution in [1.29, 1.82) is 5.26 Å². The summed E-state index contributed by atoms with van der Waals surface area (Å²) in [6.45, 7) is 0.792. The first-order valence-corrected chi connectivity index (χ1v) is 7.13. The minimum atomic E-state index is -0.375. The van der Waals surface area contributed by atoms with Crippen LogP contribution in [-0.2, 0) is 0 Å². The number of hydrogen-bond acceptors (Lipinski definition) is 2. The van der Waals surface area contributed by atoms with E-state index >= 15 is 0 Å². The van der Waals surface area contributed by atoms with Crippen LogP contribution in [0.2, 0.25) is 0 Å². The summed E-state index contributed by atoms with van der Waals surface area (Å²) in [7, 11) is 0. The first-order valence-electron chi connectivity index (χ1n) is 6.34. The first-order chi connectivity index (χ1) is 8.72. The van der Waals surface area contributed by atoms with Crippen LogP contribution in [0.1, 0.15) is 37.7 Å². The van der Waals surface area contributed by atoms with E-state index in [0.29, 0.717) is 11.3 Å². The Morgan fingerprint density at radius 3 is 2.78 bits per heavy atom. The number of nitriles is 1. The van der Waals surface area contributed by atoms with Crippen molar-refractivity contribution in [3.63, 3.8) is 0 Å². The lowest BCUT2D eigenvalue weighted by atomic mass is 10.0. The van der Waals surface area contributed by atoms with Gasteiger partial charge in [0.05, 0.1) is 15.7 Å². The molecule has 1 aromatic rings. The average Bonchev–Trinajstić information content (AvgIpc) is 2.88. The maximum absolute atomic E-state index is 13.9. The van der Waals surface area contributed by atoms with E-state index in [-0.39, 0.29) is 10.3 Å². The Hall–Kier alpha value is -1.08. The highest BCUT2D eigenvalue weighted by Crippen LogP contribution is 2.29. The molecule has 1 N–H and O–H groups in total. The number of nitrogens with one attached hydrogen (secondary N) is 1. The molecule has 0 atom stereocenters. The summed E-state index contributed by atoms with van der Waals surface area (Å²) in [4.78, 5) is 0. The van der Waals surface area contributed by atoms with Gasteiger partial charge in [-0.1, -0.05) is 25.7 Å². The summed E-state index contributed by atoms with van der Waals surface area (Å²) in [5.74, 6) is 0.419. The van der Waals surface area contributed by atoms with E-state index in [0.717, 1.165) is 18.9 Å². The van der Waals surface area contributed by atoms with Gasteiger partial charge in [0.1, 0.15) is 6.07 Å². The van der Waals surface area contributed by atoms with Gasteiger partial charge in [-0.05, 0) is 40.4 Å². The fourth-order valence-electron chi connectivity index (χ4n) is 2.48. The highest BCUT2D eigenvalue weighted by atomic mass is 79.9. The molecule has 1 saturated carbocycles. The number of halogens is 2. The summed E-state index contributed by atoms with van der Waals surface area (Å²) in [5, 5.41) is 11.9. The Labute approximate surface area is 115 Å². The maximum Gasteiger partial charge on any atom is 0.161 e. The molecule has 96 valence electrons. The van der Waals surface area contributed by atoms with Crippen molar-refractivity contribution >= 4 is 21.6 Å². The molecule has 2 nitrogen and oxygen atoms in total. The van der Waals surface area contributed by atoms with Crippen molar-refractivity contribution in [3.8, 4) is 6.07 Å². The van der Waals surface area contributed by atoms with Gasteiger partial charge in [-0.25, -0.2) is 4.39 Å². The summed E-state index contributed by atoms with van der Waals surface area (Å²) in [6, 6.07) is 5.21. The second-order valence-electron chi connectivity index (χ2n) is 4.77. The SMILES string of the molecule is N#Cc1ccc(NCCC2CCCC2)c(F)c1Br. The van der Waals surface area contributed by atoms with Crippen molar-refractivity contribution in [1.82, 2.24) is 0 Å². The molecule has 0 radical (unpaired) electrons. The van der Waals surface area contributed by atoms with Gasteiger partial charge in [-0.15, -0.1) is 0 Å². The van der Waals surface area contributed by atoms with E-state index in [4.69, 9.17) is 5.26 Å². The number of nitrogens with zero attached hydrogens (tertiary/aromatic N) is 1. The summed E-state index contributed by atoms with van der Waals surface area (Å²) >= 11 is 3.11. The van der Waals surface area contributed by atoms with E-state index in [1.54, 1.807) is 12.1 Å². The van der Waals surface area contributed by atoms with Gasteiger partial charge in [0, 0.05) is 6.54 Å². The summed E-state index contributed by atoms with van der Waals surface area (Å²) < 4.78 is 14.1. The minimum absolute atomic E-state index is 0.246. The van der Waals surface area contributed by atoms with Gasteiger partial charge < -0.3 is 5.32 Å². The normalized spacial score (nSPS) is 15.6. The largest absolute Gasteiger partial charge is 0.383 e. The van der Waals surface area contributed by atoms with Gasteiger partial charge in [-0.3, -0.25) is 0 Å². The molecule has 4 heteroatoms. The quantitative estimate of drug-likeness (QED) is 0.891. The molecule has 0 heterocycles. The smallest absolute Gasteiger partial charge is 0.161 e. The third-order valence-corrected chi connectivity index (χ3v) is 4.32. The fourth-order valence-corrected chi connectivity index (χ4v) is 2.92. The van der Waals surface area contributed by atoms with Gasteiger partial charge >= 0.3 is 0 Å². The molecule has 0 spiro atoms. The molecule has 0 aliphatic heterocycles. The summed E-state index contributed by atoms with van der Waals surface area (Å²) in [6.07, 6.45) is 6.38.